The molecule has 5 heteroatoms. The van der Waals surface area contributed by atoms with E-state index in [-0.39, 0.29) is 0 Å². The molecule has 1 aromatic carbocycles. The van der Waals surface area contributed by atoms with Gasteiger partial charge in [-0.05, 0) is 17.7 Å². The van der Waals surface area contributed by atoms with Gasteiger partial charge in [-0.25, -0.2) is 15.0 Å². The maximum atomic E-state index is 5.35. The Labute approximate surface area is 105 Å². The molecule has 5 nitrogen and oxygen atoms in total. The van der Waals surface area contributed by atoms with E-state index >= 15 is 0 Å². The van der Waals surface area contributed by atoms with E-state index in [0.717, 1.165) is 35.1 Å². The zero-order valence-electron chi connectivity index (χ0n) is 10.1. The van der Waals surface area contributed by atoms with E-state index in [1.807, 2.05) is 25.1 Å². The Morgan fingerprint density at radius 1 is 1.11 bits per heavy atom. The number of nitrogens with zero attached hydrogens (tertiary/aromatic N) is 3. The second-order valence-electron chi connectivity index (χ2n) is 4.04. The molecule has 0 radical (unpaired) electrons. The zero-order valence-corrected chi connectivity index (χ0v) is 10.1. The number of hydrogen-bond acceptors (Lipinski definition) is 5. The summed E-state index contributed by atoms with van der Waals surface area (Å²) in [6, 6.07) is 5.89. The van der Waals surface area contributed by atoms with E-state index in [4.69, 9.17) is 9.47 Å². The SMILES string of the molecule is CCc1ncnc(Cc2ccc3c(c2)OCO3)n1. The van der Waals surface area contributed by atoms with Gasteiger partial charge in [0.05, 0.1) is 0 Å². The summed E-state index contributed by atoms with van der Waals surface area (Å²) in [6.07, 6.45) is 3.05. The Hall–Kier alpha value is -2.17. The van der Waals surface area contributed by atoms with E-state index in [2.05, 4.69) is 15.0 Å². The molecule has 0 spiro atoms. The van der Waals surface area contributed by atoms with Crippen LogP contribution in [0.4, 0.5) is 0 Å². The van der Waals surface area contributed by atoms with Crippen molar-refractivity contribution < 1.29 is 9.47 Å². The minimum atomic E-state index is 0.296. The number of hydrogen-bond donors (Lipinski definition) is 0. The molecule has 0 bridgehead atoms. The predicted molar refractivity (Wildman–Crippen MR) is 64.6 cm³/mol. The first kappa shape index (κ1) is 11.0. The zero-order chi connectivity index (χ0) is 12.4. The number of ether oxygens (including phenoxy) is 2. The molecule has 0 amide bonds. The van der Waals surface area contributed by atoms with Gasteiger partial charge in [-0.15, -0.1) is 0 Å². The number of rotatable bonds is 3. The van der Waals surface area contributed by atoms with Gasteiger partial charge < -0.3 is 9.47 Å². The quantitative estimate of drug-likeness (QED) is 0.822. The van der Waals surface area contributed by atoms with Crippen LogP contribution in [0.15, 0.2) is 24.5 Å². The molecular formula is C13H13N3O2. The third-order valence-electron chi connectivity index (χ3n) is 2.79. The van der Waals surface area contributed by atoms with Crippen LogP contribution >= 0.6 is 0 Å². The number of benzene rings is 1. The molecule has 92 valence electrons. The highest BCUT2D eigenvalue weighted by Gasteiger charge is 2.13. The number of aromatic nitrogens is 3. The van der Waals surface area contributed by atoms with Gasteiger partial charge in [-0.3, -0.25) is 0 Å². The Morgan fingerprint density at radius 2 is 1.94 bits per heavy atom. The Morgan fingerprint density at radius 3 is 2.83 bits per heavy atom. The number of aryl methyl sites for hydroxylation is 1. The van der Waals surface area contributed by atoms with E-state index in [1.54, 1.807) is 6.33 Å². The molecule has 1 aliphatic heterocycles. The van der Waals surface area contributed by atoms with Gasteiger partial charge in [0.2, 0.25) is 6.79 Å². The first-order valence-corrected chi connectivity index (χ1v) is 5.90. The maximum absolute atomic E-state index is 5.35. The van der Waals surface area contributed by atoms with Crippen molar-refractivity contribution in [3.05, 3.63) is 41.7 Å². The molecule has 1 aliphatic rings. The lowest BCUT2D eigenvalue weighted by Crippen LogP contribution is -2.01. The van der Waals surface area contributed by atoms with Crippen molar-refractivity contribution in [2.45, 2.75) is 19.8 Å². The first-order chi connectivity index (χ1) is 8.85. The van der Waals surface area contributed by atoms with Gasteiger partial charge in [0.1, 0.15) is 18.0 Å². The molecule has 0 saturated carbocycles. The Kier molecular flexibility index (Phi) is 2.80. The Balaban J connectivity index is 1.83. The molecule has 2 aromatic rings. The second kappa shape index (κ2) is 4.60. The molecule has 18 heavy (non-hydrogen) atoms. The van der Waals surface area contributed by atoms with E-state index in [0.29, 0.717) is 13.2 Å². The van der Waals surface area contributed by atoms with Crippen molar-refractivity contribution in [2.75, 3.05) is 6.79 Å². The minimum Gasteiger partial charge on any atom is -0.454 e. The summed E-state index contributed by atoms with van der Waals surface area (Å²) in [7, 11) is 0. The molecule has 3 rings (SSSR count). The van der Waals surface area contributed by atoms with Crippen molar-refractivity contribution in [1.29, 1.82) is 0 Å². The summed E-state index contributed by atoms with van der Waals surface area (Å²) in [5, 5.41) is 0. The Bertz CT molecular complexity index is 572. The number of fused-ring (bicyclic) bond motifs is 1. The topological polar surface area (TPSA) is 57.1 Å². The first-order valence-electron chi connectivity index (χ1n) is 5.90. The molecule has 1 aromatic heterocycles. The normalized spacial score (nSPS) is 12.7. The van der Waals surface area contributed by atoms with Crippen LogP contribution in [-0.4, -0.2) is 21.7 Å². The van der Waals surface area contributed by atoms with Gasteiger partial charge in [0.15, 0.2) is 11.5 Å². The van der Waals surface area contributed by atoms with Crippen LogP contribution in [-0.2, 0) is 12.8 Å². The fraction of sp³-hybridized carbons (Fsp3) is 0.308. The van der Waals surface area contributed by atoms with Crippen LogP contribution in [0.1, 0.15) is 24.1 Å². The highest BCUT2D eigenvalue weighted by molar-refractivity contribution is 5.45. The molecule has 0 atom stereocenters. The van der Waals surface area contributed by atoms with Gasteiger partial charge in [0, 0.05) is 12.8 Å². The van der Waals surface area contributed by atoms with Crippen molar-refractivity contribution in [3.8, 4) is 11.5 Å². The molecule has 0 N–H and O–H groups in total. The van der Waals surface area contributed by atoms with Gasteiger partial charge in [0.25, 0.3) is 0 Å². The van der Waals surface area contributed by atoms with Gasteiger partial charge in [-0.1, -0.05) is 13.0 Å². The summed E-state index contributed by atoms with van der Waals surface area (Å²) in [4.78, 5) is 12.7. The van der Waals surface area contributed by atoms with E-state index in [1.165, 1.54) is 0 Å². The average Bonchev–Trinajstić information content (AvgIpc) is 2.86. The third-order valence-corrected chi connectivity index (χ3v) is 2.79. The summed E-state index contributed by atoms with van der Waals surface area (Å²) >= 11 is 0. The van der Waals surface area contributed by atoms with Gasteiger partial charge >= 0.3 is 0 Å². The van der Waals surface area contributed by atoms with Crippen LogP contribution < -0.4 is 9.47 Å². The fourth-order valence-corrected chi connectivity index (χ4v) is 1.86. The average molecular weight is 243 g/mol. The van der Waals surface area contributed by atoms with Crippen molar-refractivity contribution >= 4 is 0 Å². The van der Waals surface area contributed by atoms with E-state index < -0.39 is 0 Å². The highest BCUT2D eigenvalue weighted by Crippen LogP contribution is 2.32. The standard InChI is InChI=1S/C13H13N3O2/c1-2-12-14-7-15-13(16-12)6-9-3-4-10-11(5-9)18-8-17-10/h3-5,7H,2,6,8H2,1H3. The summed E-state index contributed by atoms with van der Waals surface area (Å²) in [6.45, 7) is 2.32. The molecule has 0 saturated heterocycles. The van der Waals surface area contributed by atoms with Crippen LogP contribution in [0.3, 0.4) is 0 Å². The molecule has 0 fully saturated rings. The lowest BCUT2D eigenvalue weighted by Gasteiger charge is -2.03. The third kappa shape index (κ3) is 2.11. The summed E-state index contributed by atoms with van der Waals surface area (Å²) < 4.78 is 10.6. The monoisotopic (exact) mass is 243 g/mol. The molecule has 0 unspecified atom stereocenters. The molecule has 2 heterocycles. The van der Waals surface area contributed by atoms with Gasteiger partial charge in [-0.2, -0.15) is 0 Å². The van der Waals surface area contributed by atoms with Crippen LogP contribution in [0, 0.1) is 0 Å². The fourth-order valence-electron chi connectivity index (χ4n) is 1.86. The summed E-state index contributed by atoms with van der Waals surface area (Å²) in [5.41, 5.74) is 1.10. The highest BCUT2D eigenvalue weighted by atomic mass is 16.7. The molecule has 0 aliphatic carbocycles. The van der Waals surface area contributed by atoms with Crippen LogP contribution in [0.2, 0.25) is 0 Å². The van der Waals surface area contributed by atoms with Crippen LogP contribution in [0.5, 0.6) is 11.5 Å². The minimum absolute atomic E-state index is 0.296. The van der Waals surface area contributed by atoms with Crippen LogP contribution in [0.25, 0.3) is 0 Å². The van der Waals surface area contributed by atoms with Crippen molar-refractivity contribution in [3.63, 3.8) is 0 Å². The predicted octanol–water partition coefficient (Wildman–Crippen LogP) is 1.75. The van der Waals surface area contributed by atoms with E-state index in [9.17, 15) is 0 Å². The van der Waals surface area contributed by atoms with Crippen molar-refractivity contribution in [1.82, 2.24) is 15.0 Å². The van der Waals surface area contributed by atoms with Crippen molar-refractivity contribution in [2.24, 2.45) is 0 Å². The lowest BCUT2D eigenvalue weighted by atomic mass is 10.1. The molecular weight excluding hydrogens is 230 g/mol. The summed E-state index contributed by atoms with van der Waals surface area (Å²) in [5.74, 6) is 3.18. The lowest BCUT2D eigenvalue weighted by molar-refractivity contribution is 0.174. The second-order valence-corrected chi connectivity index (χ2v) is 4.04. The largest absolute Gasteiger partial charge is 0.454 e. The smallest absolute Gasteiger partial charge is 0.231 e. The maximum Gasteiger partial charge on any atom is 0.231 e.